The van der Waals surface area contributed by atoms with E-state index in [9.17, 15) is 22.8 Å². The maximum atomic E-state index is 14.2. The van der Waals surface area contributed by atoms with Crippen LogP contribution in [0.15, 0.2) is 30.5 Å². The standard InChI is InChI=1S/C17H14F3N3O3/c18-11-7-12-9(1-2-16(24)22-12)5-13(11)23-17(25)14-6-10(3-4-21-14)26-8-15(19)20/h3-7,15H,1-2,8H2,(H,22,24)(H,23,25). The Balaban J connectivity index is 1.76. The topological polar surface area (TPSA) is 80.3 Å². The third-order valence-corrected chi connectivity index (χ3v) is 3.68. The average molecular weight is 365 g/mol. The predicted molar refractivity (Wildman–Crippen MR) is 87.0 cm³/mol. The molecule has 0 aliphatic carbocycles. The Kier molecular flexibility index (Phi) is 5.06. The van der Waals surface area contributed by atoms with E-state index in [-0.39, 0.29) is 29.5 Å². The van der Waals surface area contributed by atoms with Crippen molar-refractivity contribution in [3.8, 4) is 5.75 Å². The van der Waals surface area contributed by atoms with E-state index in [0.717, 1.165) is 6.07 Å². The molecule has 0 unspecified atom stereocenters. The van der Waals surface area contributed by atoms with Gasteiger partial charge in [-0.1, -0.05) is 0 Å². The molecule has 0 saturated heterocycles. The summed E-state index contributed by atoms with van der Waals surface area (Å²) in [5, 5.41) is 4.95. The van der Waals surface area contributed by atoms with Gasteiger partial charge in [0.15, 0.2) is 0 Å². The molecule has 2 aromatic rings. The van der Waals surface area contributed by atoms with Crippen molar-refractivity contribution < 1.29 is 27.5 Å². The lowest BCUT2D eigenvalue weighted by Crippen LogP contribution is -2.20. The summed E-state index contributed by atoms with van der Waals surface area (Å²) in [6.45, 7) is -0.809. The number of hydrogen-bond acceptors (Lipinski definition) is 4. The van der Waals surface area contributed by atoms with E-state index in [1.807, 2.05) is 0 Å². The number of alkyl halides is 2. The van der Waals surface area contributed by atoms with Crippen molar-refractivity contribution in [3.05, 3.63) is 47.5 Å². The highest BCUT2D eigenvalue weighted by Gasteiger charge is 2.19. The number of rotatable bonds is 5. The van der Waals surface area contributed by atoms with Gasteiger partial charge in [0.05, 0.1) is 5.69 Å². The van der Waals surface area contributed by atoms with E-state index in [1.165, 1.54) is 24.4 Å². The first kappa shape index (κ1) is 17.7. The number of aromatic nitrogens is 1. The van der Waals surface area contributed by atoms with Crippen molar-refractivity contribution in [1.82, 2.24) is 4.98 Å². The van der Waals surface area contributed by atoms with Crippen molar-refractivity contribution in [2.45, 2.75) is 19.3 Å². The summed E-state index contributed by atoms with van der Waals surface area (Å²) < 4.78 is 43.4. The molecule has 0 fully saturated rings. The van der Waals surface area contributed by atoms with Crippen molar-refractivity contribution in [2.24, 2.45) is 0 Å². The van der Waals surface area contributed by atoms with Crippen LogP contribution < -0.4 is 15.4 Å². The monoisotopic (exact) mass is 365 g/mol. The number of aryl methyl sites for hydroxylation is 1. The number of pyridine rings is 1. The summed E-state index contributed by atoms with van der Waals surface area (Å²) in [5.74, 6) is -1.58. The first-order valence-electron chi connectivity index (χ1n) is 7.73. The lowest BCUT2D eigenvalue weighted by Gasteiger charge is -2.18. The Morgan fingerprint density at radius 3 is 2.88 bits per heavy atom. The summed E-state index contributed by atoms with van der Waals surface area (Å²) in [4.78, 5) is 27.4. The van der Waals surface area contributed by atoms with Gasteiger partial charge in [0.2, 0.25) is 5.91 Å². The van der Waals surface area contributed by atoms with Gasteiger partial charge in [-0.05, 0) is 30.2 Å². The summed E-state index contributed by atoms with van der Waals surface area (Å²) in [6.07, 6.45) is -0.712. The second kappa shape index (κ2) is 7.42. The zero-order valence-electron chi connectivity index (χ0n) is 13.4. The molecule has 0 saturated carbocycles. The van der Waals surface area contributed by atoms with Crippen LogP contribution in [0.25, 0.3) is 0 Å². The summed E-state index contributed by atoms with van der Waals surface area (Å²) in [7, 11) is 0. The molecule has 9 heteroatoms. The second-order valence-corrected chi connectivity index (χ2v) is 5.57. The number of nitrogens with one attached hydrogen (secondary N) is 2. The number of benzene rings is 1. The Hall–Kier alpha value is -3.10. The average Bonchev–Trinajstić information content (AvgIpc) is 2.61. The van der Waals surface area contributed by atoms with Crippen LogP contribution in [-0.4, -0.2) is 29.8 Å². The molecule has 0 spiro atoms. The number of nitrogens with zero attached hydrogens (tertiary/aromatic N) is 1. The number of hydrogen-bond donors (Lipinski definition) is 2. The van der Waals surface area contributed by atoms with Crippen LogP contribution in [0.1, 0.15) is 22.5 Å². The Bertz CT molecular complexity index is 858. The molecule has 2 amide bonds. The van der Waals surface area contributed by atoms with Gasteiger partial charge in [-0.2, -0.15) is 0 Å². The molecular formula is C17H14F3N3O3. The van der Waals surface area contributed by atoms with Gasteiger partial charge in [-0.15, -0.1) is 0 Å². The van der Waals surface area contributed by atoms with Crippen LogP contribution in [0.3, 0.4) is 0 Å². The maximum absolute atomic E-state index is 14.2. The first-order valence-corrected chi connectivity index (χ1v) is 7.73. The fourth-order valence-electron chi connectivity index (χ4n) is 2.47. The molecule has 0 radical (unpaired) electrons. The lowest BCUT2D eigenvalue weighted by molar-refractivity contribution is -0.116. The minimum atomic E-state index is -2.65. The Morgan fingerprint density at radius 1 is 1.31 bits per heavy atom. The van der Waals surface area contributed by atoms with Crippen LogP contribution in [0.5, 0.6) is 5.75 Å². The molecule has 1 aromatic carbocycles. The summed E-state index contributed by atoms with van der Waals surface area (Å²) in [5.41, 5.74) is 0.897. The molecule has 1 aliphatic rings. The van der Waals surface area contributed by atoms with E-state index in [1.54, 1.807) is 0 Å². The van der Waals surface area contributed by atoms with Crippen LogP contribution in [0.2, 0.25) is 0 Å². The first-order chi connectivity index (χ1) is 12.4. The Labute approximate surface area is 146 Å². The largest absolute Gasteiger partial charge is 0.488 e. The highest BCUT2D eigenvalue weighted by Crippen LogP contribution is 2.28. The minimum Gasteiger partial charge on any atom is -0.488 e. The van der Waals surface area contributed by atoms with Crippen LogP contribution in [0.4, 0.5) is 24.5 Å². The quantitative estimate of drug-likeness (QED) is 0.854. The smallest absolute Gasteiger partial charge is 0.274 e. The van der Waals surface area contributed by atoms with Gasteiger partial charge in [0, 0.05) is 24.4 Å². The van der Waals surface area contributed by atoms with Crippen LogP contribution >= 0.6 is 0 Å². The molecule has 0 atom stereocenters. The molecule has 2 heterocycles. The SMILES string of the molecule is O=C1CCc2cc(NC(=O)c3cc(OCC(F)F)ccn3)c(F)cc2N1. The summed E-state index contributed by atoms with van der Waals surface area (Å²) >= 11 is 0. The van der Waals surface area contributed by atoms with Gasteiger partial charge in [0.1, 0.15) is 23.9 Å². The molecule has 0 bridgehead atoms. The van der Waals surface area contributed by atoms with Gasteiger partial charge in [-0.25, -0.2) is 13.2 Å². The number of fused-ring (bicyclic) bond motifs is 1. The number of amides is 2. The zero-order chi connectivity index (χ0) is 18.7. The Morgan fingerprint density at radius 2 is 2.12 bits per heavy atom. The third-order valence-electron chi connectivity index (χ3n) is 3.68. The molecule has 3 rings (SSSR count). The predicted octanol–water partition coefficient (Wildman–Crippen LogP) is 3.00. The molecular weight excluding hydrogens is 351 g/mol. The minimum absolute atomic E-state index is 0.0547. The van der Waals surface area contributed by atoms with Crippen LogP contribution in [-0.2, 0) is 11.2 Å². The van der Waals surface area contributed by atoms with E-state index in [2.05, 4.69) is 15.6 Å². The zero-order valence-corrected chi connectivity index (χ0v) is 13.4. The van der Waals surface area contributed by atoms with E-state index >= 15 is 0 Å². The highest BCUT2D eigenvalue weighted by molar-refractivity contribution is 6.03. The lowest BCUT2D eigenvalue weighted by atomic mass is 10.0. The van der Waals surface area contributed by atoms with Crippen molar-refractivity contribution in [3.63, 3.8) is 0 Å². The van der Waals surface area contributed by atoms with Crippen molar-refractivity contribution in [1.29, 1.82) is 0 Å². The van der Waals surface area contributed by atoms with Crippen molar-refractivity contribution in [2.75, 3.05) is 17.2 Å². The van der Waals surface area contributed by atoms with Crippen LogP contribution in [0, 0.1) is 5.82 Å². The summed E-state index contributed by atoms with van der Waals surface area (Å²) in [6, 6.07) is 5.10. The maximum Gasteiger partial charge on any atom is 0.274 e. The highest BCUT2D eigenvalue weighted by atomic mass is 19.3. The molecule has 6 nitrogen and oxygen atoms in total. The van der Waals surface area contributed by atoms with Gasteiger partial charge in [-0.3, -0.25) is 14.6 Å². The molecule has 1 aromatic heterocycles. The number of carbonyl (C=O) groups is 2. The number of ether oxygens (including phenoxy) is 1. The van der Waals surface area contributed by atoms with Gasteiger partial charge < -0.3 is 15.4 Å². The van der Waals surface area contributed by atoms with E-state index in [4.69, 9.17) is 4.74 Å². The fraction of sp³-hybridized carbons (Fsp3) is 0.235. The van der Waals surface area contributed by atoms with Gasteiger partial charge >= 0.3 is 0 Å². The van der Waals surface area contributed by atoms with E-state index < -0.39 is 24.8 Å². The second-order valence-electron chi connectivity index (χ2n) is 5.57. The molecule has 1 aliphatic heterocycles. The number of anilines is 2. The normalized spacial score (nSPS) is 13.2. The third kappa shape index (κ3) is 4.11. The number of carbonyl (C=O) groups excluding carboxylic acids is 2. The fourth-order valence-corrected chi connectivity index (χ4v) is 2.47. The molecule has 26 heavy (non-hydrogen) atoms. The molecule has 2 N–H and O–H groups in total. The van der Waals surface area contributed by atoms with Gasteiger partial charge in [0.25, 0.3) is 12.3 Å². The van der Waals surface area contributed by atoms with Crippen molar-refractivity contribution >= 4 is 23.2 Å². The van der Waals surface area contributed by atoms with E-state index in [0.29, 0.717) is 17.7 Å². The number of halogens is 3. The molecule has 136 valence electrons.